The van der Waals surface area contributed by atoms with Crippen LogP contribution in [0.5, 0.6) is 0 Å². The summed E-state index contributed by atoms with van der Waals surface area (Å²) in [6, 6.07) is 5.67. The van der Waals surface area contributed by atoms with Crippen molar-refractivity contribution in [3.63, 3.8) is 0 Å². The molecule has 0 bridgehead atoms. The zero-order chi connectivity index (χ0) is 14.7. The highest BCUT2D eigenvalue weighted by atomic mass is 35.5. The maximum Gasteiger partial charge on any atom is 0.255 e. The Balaban J connectivity index is 2.17. The van der Waals surface area contributed by atoms with Gasteiger partial charge in [-0.15, -0.1) is 0 Å². The van der Waals surface area contributed by atoms with Crippen LogP contribution in [-0.2, 0) is 0 Å². The smallest absolute Gasteiger partial charge is 0.255 e. The minimum absolute atomic E-state index is 0.0908. The van der Waals surface area contributed by atoms with Gasteiger partial charge in [0.15, 0.2) is 0 Å². The molecule has 1 aliphatic rings. The van der Waals surface area contributed by atoms with Crippen LogP contribution in [0.4, 0.5) is 0 Å². The molecule has 20 heavy (non-hydrogen) atoms. The van der Waals surface area contributed by atoms with Gasteiger partial charge in [-0.3, -0.25) is 4.79 Å². The molecule has 1 aromatic carbocycles. The van der Waals surface area contributed by atoms with E-state index in [1.165, 1.54) is 0 Å². The van der Waals surface area contributed by atoms with E-state index in [1.54, 1.807) is 11.0 Å². The predicted octanol–water partition coefficient (Wildman–Crippen LogP) is 2.39. The molecule has 6 heteroatoms. The molecule has 1 aromatic rings. The molecule has 0 aliphatic heterocycles. The number of carbonyl (C=O) groups is 1. The molecule has 108 valence electrons. The van der Waals surface area contributed by atoms with Crippen molar-refractivity contribution < 1.29 is 10.0 Å². The summed E-state index contributed by atoms with van der Waals surface area (Å²) in [5, 5.41) is 12.0. The number of hydrogen-bond donors (Lipinski definition) is 2. The number of aryl methyl sites for hydroxylation is 1. The Morgan fingerprint density at radius 1 is 1.55 bits per heavy atom. The molecular weight excluding hydrogens is 278 g/mol. The van der Waals surface area contributed by atoms with Crippen molar-refractivity contribution in [1.29, 1.82) is 0 Å². The molecule has 0 heterocycles. The lowest BCUT2D eigenvalue weighted by Gasteiger charge is -2.23. The number of oxime groups is 1. The van der Waals surface area contributed by atoms with Gasteiger partial charge in [-0.1, -0.05) is 28.9 Å². The topological polar surface area (TPSA) is 78.9 Å². The molecular formula is C14H18ClN3O2. The molecule has 1 fully saturated rings. The van der Waals surface area contributed by atoms with Crippen molar-refractivity contribution in [2.75, 3.05) is 6.54 Å². The Bertz CT molecular complexity index is 541. The van der Waals surface area contributed by atoms with Gasteiger partial charge < -0.3 is 15.8 Å². The molecule has 0 atom stereocenters. The number of benzene rings is 1. The molecule has 0 spiro atoms. The van der Waals surface area contributed by atoms with E-state index in [-0.39, 0.29) is 17.8 Å². The minimum atomic E-state index is -0.0908. The first-order valence-corrected chi connectivity index (χ1v) is 6.95. The molecule has 1 saturated carbocycles. The van der Waals surface area contributed by atoms with Gasteiger partial charge in [0.1, 0.15) is 5.84 Å². The lowest BCUT2D eigenvalue weighted by Crippen LogP contribution is -2.36. The second-order valence-electron chi connectivity index (χ2n) is 5.01. The highest BCUT2D eigenvalue weighted by Gasteiger charge is 2.33. The van der Waals surface area contributed by atoms with Crippen LogP contribution in [0.2, 0.25) is 5.02 Å². The van der Waals surface area contributed by atoms with Crippen LogP contribution in [0.25, 0.3) is 0 Å². The highest BCUT2D eigenvalue weighted by Crippen LogP contribution is 2.30. The summed E-state index contributed by atoms with van der Waals surface area (Å²) in [7, 11) is 0. The SMILES string of the molecule is Cc1cccc(C(=O)N(CC/C(N)=N/O)C2CC2)c1Cl. The molecule has 0 saturated heterocycles. The molecule has 3 N–H and O–H groups in total. The average Bonchev–Trinajstić information content (AvgIpc) is 3.26. The number of hydrogen-bond acceptors (Lipinski definition) is 3. The molecule has 5 nitrogen and oxygen atoms in total. The molecule has 2 rings (SSSR count). The largest absolute Gasteiger partial charge is 0.409 e. The van der Waals surface area contributed by atoms with E-state index < -0.39 is 0 Å². The summed E-state index contributed by atoms with van der Waals surface area (Å²) < 4.78 is 0. The van der Waals surface area contributed by atoms with Gasteiger partial charge in [0, 0.05) is 19.0 Å². The number of halogens is 1. The van der Waals surface area contributed by atoms with Gasteiger partial charge >= 0.3 is 0 Å². The zero-order valence-corrected chi connectivity index (χ0v) is 12.1. The Kier molecular flexibility index (Phi) is 4.49. The number of amides is 1. The van der Waals surface area contributed by atoms with Crippen molar-refractivity contribution in [3.05, 3.63) is 34.3 Å². The third-order valence-corrected chi connectivity index (χ3v) is 3.91. The number of rotatable bonds is 5. The number of nitrogens with zero attached hydrogens (tertiary/aromatic N) is 2. The summed E-state index contributed by atoms with van der Waals surface area (Å²) in [6.45, 7) is 2.31. The second kappa shape index (κ2) is 6.13. The zero-order valence-electron chi connectivity index (χ0n) is 11.3. The lowest BCUT2D eigenvalue weighted by molar-refractivity contribution is 0.0747. The summed E-state index contributed by atoms with van der Waals surface area (Å²) in [5.41, 5.74) is 6.86. The van der Waals surface area contributed by atoms with E-state index in [4.69, 9.17) is 22.5 Å². The van der Waals surface area contributed by atoms with Gasteiger partial charge in [-0.2, -0.15) is 0 Å². The van der Waals surface area contributed by atoms with Crippen molar-refractivity contribution >= 4 is 23.3 Å². The third kappa shape index (κ3) is 3.22. The summed E-state index contributed by atoms with van der Waals surface area (Å²) in [4.78, 5) is 14.4. The van der Waals surface area contributed by atoms with Crippen LogP contribution in [0.15, 0.2) is 23.4 Å². The first-order valence-electron chi connectivity index (χ1n) is 6.57. The first kappa shape index (κ1) is 14.7. The predicted molar refractivity (Wildman–Crippen MR) is 78.3 cm³/mol. The second-order valence-corrected chi connectivity index (χ2v) is 5.39. The number of carbonyl (C=O) groups excluding carboxylic acids is 1. The number of nitrogens with two attached hydrogens (primary N) is 1. The summed E-state index contributed by atoms with van der Waals surface area (Å²) >= 11 is 6.21. The molecule has 0 radical (unpaired) electrons. The Morgan fingerprint density at radius 2 is 2.25 bits per heavy atom. The van der Waals surface area contributed by atoms with Gasteiger partial charge in [0.2, 0.25) is 0 Å². The Labute approximate surface area is 123 Å². The maximum atomic E-state index is 12.6. The maximum absolute atomic E-state index is 12.6. The fourth-order valence-corrected chi connectivity index (χ4v) is 2.30. The molecule has 1 amide bonds. The van der Waals surface area contributed by atoms with Gasteiger partial charge in [-0.25, -0.2) is 0 Å². The van der Waals surface area contributed by atoms with E-state index >= 15 is 0 Å². The van der Waals surface area contributed by atoms with Gasteiger partial charge in [0.25, 0.3) is 5.91 Å². The Hall–Kier alpha value is -1.75. The minimum Gasteiger partial charge on any atom is -0.409 e. The van der Waals surface area contributed by atoms with Crippen LogP contribution in [0.1, 0.15) is 35.2 Å². The van der Waals surface area contributed by atoms with Crippen molar-refractivity contribution in [3.8, 4) is 0 Å². The van der Waals surface area contributed by atoms with Crippen LogP contribution in [0.3, 0.4) is 0 Å². The first-order chi connectivity index (χ1) is 9.54. The lowest BCUT2D eigenvalue weighted by atomic mass is 10.1. The van der Waals surface area contributed by atoms with Crippen LogP contribution in [0, 0.1) is 6.92 Å². The van der Waals surface area contributed by atoms with E-state index in [0.29, 0.717) is 23.6 Å². The van der Waals surface area contributed by atoms with E-state index in [9.17, 15) is 4.79 Å². The van der Waals surface area contributed by atoms with Gasteiger partial charge in [-0.05, 0) is 31.4 Å². The fourth-order valence-electron chi connectivity index (χ4n) is 2.09. The van der Waals surface area contributed by atoms with Crippen molar-refractivity contribution in [2.45, 2.75) is 32.2 Å². The third-order valence-electron chi connectivity index (χ3n) is 3.41. The number of amidine groups is 1. The van der Waals surface area contributed by atoms with Crippen molar-refractivity contribution in [2.24, 2.45) is 10.9 Å². The monoisotopic (exact) mass is 295 g/mol. The van der Waals surface area contributed by atoms with E-state index in [1.807, 2.05) is 19.1 Å². The van der Waals surface area contributed by atoms with Gasteiger partial charge in [0.05, 0.1) is 10.6 Å². The Morgan fingerprint density at radius 3 is 2.85 bits per heavy atom. The fraction of sp³-hybridized carbons (Fsp3) is 0.429. The summed E-state index contributed by atoms with van der Waals surface area (Å²) in [5.74, 6) is 0.0331. The van der Waals surface area contributed by atoms with Crippen LogP contribution < -0.4 is 5.73 Å². The van der Waals surface area contributed by atoms with Crippen LogP contribution in [-0.4, -0.2) is 34.4 Å². The van der Waals surface area contributed by atoms with Crippen LogP contribution >= 0.6 is 11.6 Å². The van der Waals surface area contributed by atoms with E-state index in [2.05, 4.69) is 5.16 Å². The molecule has 1 aliphatic carbocycles. The standard InChI is InChI=1S/C14H18ClN3O2/c1-9-3-2-4-11(13(9)15)14(19)18(10-5-6-10)8-7-12(16)17-20/h2-4,10,20H,5-8H2,1H3,(H2,16,17). The molecule has 0 aromatic heterocycles. The molecule has 0 unspecified atom stereocenters. The summed E-state index contributed by atoms with van der Waals surface area (Å²) in [6.07, 6.45) is 2.33. The normalized spacial score (nSPS) is 15.2. The average molecular weight is 296 g/mol. The quantitative estimate of drug-likeness (QED) is 0.379. The van der Waals surface area contributed by atoms with E-state index in [0.717, 1.165) is 18.4 Å². The highest BCUT2D eigenvalue weighted by molar-refractivity contribution is 6.34. The van der Waals surface area contributed by atoms with Crippen molar-refractivity contribution in [1.82, 2.24) is 4.90 Å².